The number of rotatable bonds is 0. The molecule has 2 aliphatic rings. The van der Waals surface area contributed by atoms with Crippen molar-refractivity contribution >= 4 is 17.0 Å². The van der Waals surface area contributed by atoms with Crippen LogP contribution in [0.2, 0.25) is 0 Å². The van der Waals surface area contributed by atoms with Crippen LogP contribution in [0.15, 0.2) is 12.2 Å². The van der Waals surface area contributed by atoms with Gasteiger partial charge in [-0.15, -0.1) is 0 Å². The molecular weight excluding hydrogens is 176 g/mol. The van der Waals surface area contributed by atoms with Crippen LogP contribution in [0.1, 0.15) is 26.2 Å². The Bertz CT molecular complexity index is 209. The highest BCUT2D eigenvalue weighted by Gasteiger charge is 2.36. The molecule has 12 heavy (non-hydrogen) atoms. The molecule has 2 bridgehead atoms. The minimum atomic E-state index is -1.36. The predicted octanol–water partition coefficient (Wildman–Crippen LogP) is 3.27. The molecule has 0 amide bonds. The van der Waals surface area contributed by atoms with Crippen molar-refractivity contribution < 1.29 is 9.90 Å². The van der Waals surface area contributed by atoms with Crippen LogP contribution in [0, 0.1) is 11.3 Å². The lowest BCUT2D eigenvalue weighted by Gasteiger charge is -2.14. The number of fused-ring (bicyclic) bond motifs is 2. The van der Waals surface area contributed by atoms with Gasteiger partial charge in [0.05, 0.1) is 0 Å². The number of allylic oxidation sites excluding steroid dienone is 2. The summed E-state index contributed by atoms with van der Waals surface area (Å²) in [6, 6.07) is 0. The number of hydrogen-bond donors (Lipinski definition) is 1. The Morgan fingerprint density at radius 3 is 2.42 bits per heavy atom. The fourth-order valence-electron chi connectivity index (χ4n) is 2.00. The molecule has 0 radical (unpaired) electrons. The first-order chi connectivity index (χ1) is 5.52. The minimum Gasteiger partial charge on any atom is -0.469 e. The van der Waals surface area contributed by atoms with E-state index >= 15 is 0 Å². The Balaban J connectivity index is 0.000000157. The zero-order valence-electron chi connectivity index (χ0n) is 7.09. The van der Waals surface area contributed by atoms with Crippen LogP contribution in [0.3, 0.4) is 0 Å². The molecule has 0 heterocycles. The third kappa shape index (κ3) is 2.52. The van der Waals surface area contributed by atoms with E-state index in [-0.39, 0.29) is 0 Å². The molecule has 2 rings (SSSR count). The van der Waals surface area contributed by atoms with Crippen LogP contribution in [0.5, 0.6) is 0 Å². The molecule has 0 saturated heterocycles. The van der Waals surface area contributed by atoms with Crippen LogP contribution in [-0.4, -0.2) is 10.5 Å². The molecule has 3 heteroatoms. The topological polar surface area (TPSA) is 37.3 Å². The zero-order valence-corrected chi connectivity index (χ0v) is 7.84. The highest BCUT2D eigenvalue weighted by Crippen LogP contribution is 2.48. The van der Waals surface area contributed by atoms with E-state index in [9.17, 15) is 0 Å². The van der Waals surface area contributed by atoms with Gasteiger partial charge in [-0.1, -0.05) is 19.1 Å². The van der Waals surface area contributed by atoms with Crippen LogP contribution in [0.25, 0.3) is 0 Å². The molecule has 2 atom stereocenters. The first kappa shape index (κ1) is 9.59. The lowest BCUT2D eigenvalue weighted by atomic mass is 9.91. The van der Waals surface area contributed by atoms with Gasteiger partial charge in [-0.3, -0.25) is 0 Å². The summed E-state index contributed by atoms with van der Waals surface area (Å²) in [6.07, 6.45) is 9.12. The van der Waals surface area contributed by atoms with Crippen molar-refractivity contribution in [2.45, 2.75) is 26.2 Å². The van der Waals surface area contributed by atoms with E-state index in [0.29, 0.717) is 5.41 Å². The monoisotopic (exact) mass is 188 g/mol. The summed E-state index contributed by atoms with van der Waals surface area (Å²) in [5.74, 6) is 0.958. The summed E-state index contributed by atoms with van der Waals surface area (Å²) in [5, 5.41) is 7.18. The Kier molecular flexibility index (Phi) is 2.78. The third-order valence-corrected chi connectivity index (χ3v) is 2.59. The Morgan fingerprint density at radius 1 is 1.75 bits per heavy atom. The summed E-state index contributed by atoms with van der Waals surface area (Å²) in [4.78, 5) is 8.77. The average molecular weight is 189 g/mol. The highest BCUT2D eigenvalue weighted by atomic mass is 35.5. The summed E-state index contributed by atoms with van der Waals surface area (Å²) < 4.78 is 0. The van der Waals surface area contributed by atoms with E-state index in [0.717, 1.165) is 5.92 Å². The highest BCUT2D eigenvalue weighted by molar-refractivity contribution is 6.60. The van der Waals surface area contributed by atoms with Gasteiger partial charge in [-0.25, -0.2) is 4.79 Å². The molecule has 0 aromatic rings. The van der Waals surface area contributed by atoms with Crippen LogP contribution >= 0.6 is 11.6 Å². The molecule has 1 saturated carbocycles. The molecular formula is C9H13ClO2. The number of carboxylic acid groups (broad SMARTS) is 1. The summed E-state index contributed by atoms with van der Waals surface area (Å²) in [6.45, 7) is 2.37. The van der Waals surface area contributed by atoms with Gasteiger partial charge in [0, 0.05) is 11.6 Å². The second kappa shape index (κ2) is 3.48. The second-order valence-corrected chi connectivity index (χ2v) is 4.09. The van der Waals surface area contributed by atoms with E-state index in [4.69, 9.17) is 9.90 Å². The molecule has 2 unspecified atom stereocenters. The molecule has 1 N–H and O–H groups in total. The second-order valence-electron chi connectivity index (χ2n) is 3.77. The third-order valence-electron chi connectivity index (χ3n) is 2.59. The minimum absolute atomic E-state index is 0.630. The molecule has 2 nitrogen and oxygen atoms in total. The lowest BCUT2D eigenvalue weighted by molar-refractivity contribution is 0.220. The van der Waals surface area contributed by atoms with Gasteiger partial charge in [-0.2, -0.15) is 0 Å². The lowest BCUT2D eigenvalue weighted by Crippen LogP contribution is -2.02. The van der Waals surface area contributed by atoms with Gasteiger partial charge in [0.25, 0.3) is 0 Å². The van der Waals surface area contributed by atoms with E-state index in [1.54, 1.807) is 0 Å². The van der Waals surface area contributed by atoms with Crippen LogP contribution in [-0.2, 0) is 0 Å². The first-order valence-corrected chi connectivity index (χ1v) is 4.47. The molecule has 0 spiro atoms. The quantitative estimate of drug-likeness (QED) is 0.468. The van der Waals surface area contributed by atoms with Gasteiger partial charge >= 0.3 is 5.43 Å². The largest absolute Gasteiger partial charge is 0.469 e. The van der Waals surface area contributed by atoms with Gasteiger partial charge in [0.2, 0.25) is 0 Å². The van der Waals surface area contributed by atoms with Crippen molar-refractivity contribution in [2.75, 3.05) is 0 Å². The van der Waals surface area contributed by atoms with Crippen LogP contribution in [0.4, 0.5) is 4.79 Å². The molecule has 68 valence electrons. The SMILES string of the molecule is CC12C=CC(CC1)C2.O=C(O)Cl. The number of hydrogen-bond acceptors (Lipinski definition) is 1. The molecule has 2 aliphatic carbocycles. The predicted molar refractivity (Wildman–Crippen MR) is 48.5 cm³/mol. The molecule has 0 aromatic heterocycles. The van der Waals surface area contributed by atoms with Crippen molar-refractivity contribution in [3.8, 4) is 0 Å². The van der Waals surface area contributed by atoms with E-state index in [1.807, 2.05) is 0 Å². The van der Waals surface area contributed by atoms with Crippen molar-refractivity contribution in [3.05, 3.63) is 12.2 Å². The summed E-state index contributed by atoms with van der Waals surface area (Å²) >= 11 is 4.19. The number of halogens is 1. The fourth-order valence-corrected chi connectivity index (χ4v) is 2.00. The fraction of sp³-hybridized carbons (Fsp3) is 0.667. The Morgan fingerprint density at radius 2 is 2.33 bits per heavy atom. The molecule has 0 aromatic carbocycles. The van der Waals surface area contributed by atoms with Crippen molar-refractivity contribution in [3.63, 3.8) is 0 Å². The van der Waals surface area contributed by atoms with Gasteiger partial charge in [-0.05, 0) is 30.6 Å². The first-order valence-electron chi connectivity index (χ1n) is 4.10. The number of carbonyl (C=O) groups is 1. The van der Waals surface area contributed by atoms with E-state index in [1.165, 1.54) is 19.3 Å². The maximum absolute atomic E-state index is 8.77. The van der Waals surface area contributed by atoms with Crippen LogP contribution < -0.4 is 0 Å². The Labute approximate surface area is 77.2 Å². The van der Waals surface area contributed by atoms with E-state index < -0.39 is 5.43 Å². The van der Waals surface area contributed by atoms with Crippen molar-refractivity contribution in [2.24, 2.45) is 11.3 Å². The maximum atomic E-state index is 8.77. The average Bonchev–Trinajstić information content (AvgIpc) is 2.43. The summed E-state index contributed by atoms with van der Waals surface area (Å²) in [5.41, 5.74) is -0.731. The van der Waals surface area contributed by atoms with Gasteiger partial charge in [0.1, 0.15) is 0 Å². The van der Waals surface area contributed by atoms with Gasteiger partial charge in [0.15, 0.2) is 0 Å². The van der Waals surface area contributed by atoms with Crippen molar-refractivity contribution in [1.82, 2.24) is 0 Å². The van der Waals surface area contributed by atoms with E-state index in [2.05, 4.69) is 30.7 Å². The molecule has 1 fully saturated rings. The Hall–Kier alpha value is -0.500. The van der Waals surface area contributed by atoms with Crippen molar-refractivity contribution in [1.29, 1.82) is 0 Å². The van der Waals surface area contributed by atoms with Gasteiger partial charge < -0.3 is 5.11 Å². The summed E-state index contributed by atoms with van der Waals surface area (Å²) in [7, 11) is 0. The standard InChI is InChI=1S/C8H12.CHClO2/c1-8-4-2-7(6-8)3-5-8;2-1(3)4/h2,4,7H,3,5-6H2,1H3;(H,3,4). The maximum Gasteiger partial charge on any atom is 0.401 e. The zero-order chi connectivity index (χ0) is 9.19. The normalized spacial score (nSPS) is 36.0. The smallest absolute Gasteiger partial charge is 0.401 e. The molecule has 0 aliphatic heterocycles.